The Labute approximate surface area is 175 Å². The van der Waals surface area contributed by atoms with Gasteiger partial charge >= 0.3 is 0 Å². The van der Waals surface area contributed by atoms with Crippen LogP contribution in [-0.4, -0.2) is 86.7 Å². The van der Waals surface area contributed by atoms with Gasteiger partial charge in [0.15, 0.2) is 5.96 Å². The smallest absolute Gasteiger partial charge is 0.243 e. The first-order valence-electron chi connectivity index (χ1n) is 9.59. The molecule has 0 spiro atoms. The molecular formula is C18H36IN5O2. The van der Waals surface area contributed by atoms with Crippen molar-refractivity contribution in [3.8, 4) is 0 Å². The third-order valence-corrected chi connectivity index (χ3v) is 4.81. The zero-order valence-electron chi connectivity index (χ0n) is 16.7. The molecule has 0 radical (unpaired) electrons. The van der Waals surface area contributed by atoms with E-state index in [4.69, 9.17) is 4.74 Å². The molecule has 2 unspecified atom stereocenters. The van der Waals surface area contributed by atoms with E-state index < -0.39 is 0 Å². The number of halogens is 1. The van der Waals surface area contributed by atoms with E-state index in [9.17, 15) is 4.79 Å². The van der Waals surface area contributed by atoms with Gasteiger partial charge in [-0.15, -0.1) is 24.0 Å². The minimum Gasteiger partial charge on any atom is -0.382 e. The normalized spacial score (nSPS) is 23.5. The van der Waals surface area contributed by atoms with E-state index in [2.05, 4.69) is 27.4 Å². The molecule has 8 heteroatoms. The Morgan fingerprint density at radius 1 is 1.35 bits per heavy atom. The van der Waals surface area contributed by atoms with Gasteiger partial charge in [-0.1, -0.05) is 0 Å². The van der Waals surface area contributed by atoms with E-state index >= 15 is 0 Å². The van der Waals surface area contributed by atoms with Crippen LogP contribution >= 0.6 is 24.0 Å². The molecule has 26 heavy (non-hydrogen) atoms. The zero-order valence-corrected chi connectivity index (χ0v) is 19.0. The summed E-state index contributed by atoms with van der Waals surface area (Å²) >= 11 is 0. The molecule has 0 aromatic heterocycles. The van der Waals surface area contributed by atoms with Gasteiger partial charge in [-0.25, -0.2) is 4.99 Å². The Kier molecular flexibility index (Phi) is 10.8. The van der Waals surface area contributed by atoms with Gasteiger partial charge in [0.25, 0.3) is 0 Å². The summed E-state index contributed by atoms with van der Waals surface area (Å²) in [7, 11) is 3.51. The second-order valence-electron chi connectivity index (χ2n) is 7.28. The van der Waals surface area contributed by atoms with E-state index in [-0.39, 0.29) is 36.4 Å². The van der Waals surface area contributed by atoms with Crippen LogP contribution in [0.3, 0.4) is 0 Å². The fourth-order valence-electron chi connectivity index (χ4n) is 3.24. The molecule has 2 fully saturated rings. The van der Waals surface area contributed by atoms with Gasteiger partial charge < -0.3 is 20.3 Å². The SMILES string of the molecule is CCOCCCNC(=NCC(=O)N(C)C)NC1CC(C)N(C2CC2)C1.I. The molecule has 1 saturated carbocycles. The summed E-state index contributed by atoms with van der Waals surface area (Å²) in [5, 5.41) is 6.87. The molecule has 2 atom stereocenters. The van der Waals surface area contributed by atoms with Crippen molar-refractivity contribution in [3.05, 3.63) is 0 Å². The number of carbonyl (C=O) groups is 1. The molecule has 1 saturated heterocycles. The summed E-state index contributed by atoms with van der Waals surface area (Å²) in [6.45, 7) is 7.81. The number of amides is 1. The lowest BCUT2D eigenvalue weighted by Crippen LogP contribution is -2.45. The quantitative estimate of drug-likeness (QED) is 0.225. The number of hydrogen-bond acceptors (Lipinski definition) is 4. The maximum absolute atomic E-state index is 11.8. The number of rotatable bonds is 9. The summed E-state index contributed by atoms with van der Waals surface area (Å²) in [6.07, 6.45) is 4.72. The van der Waals surface area contributed by atoms with E-state index in [1.165, 1.54) is 12.8 Å². The van der Waals surface area contributed by atoms with E-state index in [1.54, 1.807) is 19.0 Å². The molecule has 2 aliphatic rings. The highest BCUT2D eigenvalue weighted by Gasteiger charge is 2.38. The lowest BCUT2D eigenvalue weighted by molar-refractivity contribution is -0.127. The van der Waals surface area contributed by atoms with Crippen molar-refractivity contribution in [2.45, 2.75) is 57.7 Å². The summed E-state index contributed by atoms with van der Waals surface area (Å²) in [4.78, 5) is 20.5. The van der Waals surface area contributed by atoms with Crippen molar-refractivity contribution in [1.29, 1.82) is 0 Å². The van der Waals surface area contributed by atoms with Crippen LogP contribution in [-0.2, 0) is 9.53 Å². The first-order valence-corrected chi connectivity index (χ1v) is 9.59. The fourth-order valence-corrected chi connectivity index (χ4v) is 3.24. The Bertz CT molecular complexity index is 457. The predicted molar refractivity (Wildman–Crippen MR) is 116 cm³/mol. The second kappa shape index (κ2) is 12.0. The largest absolute Gasteiger partial charge is 0.382 e. The first-order chi connectivity index (χ1) is 12.0. The summed E-state index contributed by atoms with van der Waals surface area (Å²) in [6, 6.07) is 1.80. The minimum atomic E-state index is 0. The van der Waals surface area contributed by atoms with Crippen molar-refractivity contribution in [1.82, 2.24) is 20.4 Å². The summed E-state index contributed by atoms with van der Waals surface area (Å²) in [5.74, 6) is 0.747. The average molecular weight is 481 g/mol. The van der Waals surface area contributed by atoms with Crippen molar-refractivity contribution in [3.63, 3.8) is 0 Å². The average Bonchev–Trinajstić information content (AvgIpc) is 3.35. The monoisotopic (exact) mass is 481 g/mol. The molecule has 7 nitrogen and oxygen atoms in total. The number of aliphatic imine (C=N–C) groups is 1. The topological polar surface area (TPSA) is 69.2 Å². The van der Waals surface area contributed by atoms with Gasteiger partial charge in [0, 0.05) is 58.5 Å². The number of likely N-dealkylation sites (tertiary alicyclic amines) is 1. The number of likely N-dealkylation sites (N-methyl/N-ethyl adjacent to an activating group) is 1. The van der Waals surface area contributed by atoms with Gasteiger partial charge in [-0.2, -0.15) is 0 Å². The molecule has 0 aromatic rings. The van der Waals surface area contributed by atoms with Crippen LogP contribution in [0, 0.1) is 0 Å². The minimum absolute atomic E-state index is 0. The van der Waals surface area contributed by atoms with Gasteiger partial charge in [0.2, 0.25) is 5.91 Å². The standard InChI is InChI=1S/C18H35N5O2.HI/c1-5-25-10-6-9-19-18(20-12-17(24)22(3)4)21-15-11-14(2)23(13-15)16-7-8-16;/h14-16H,5-13H2,1-4H3,(H2,19,20,21);1H. The van der Waals surface area contributed by atoms with Crippen LogP contribution in [0.4, 0.5) is 0 Å². The number of carbonyl (C=O) groups excluding carboxylic acids is 1. The Morgan fingerprint density at radius 3 is 2.69 bits per heavy atom. The highest BCUT2D eigenvalue weighted by molar-refractivity contribution is 14.0. The number of nitrogens with zero attached hydrogens (tertiary/aromatic N) is 3. The molecule has 1 aliphatic carbocycles. The van der Waals surface area contributed by atoms with Crippen LogP contribution in [0.1, 0.15) is 39.5 Å². The molecule has 0 aromatic carbocycles. The Hall–Kier alpha value is -0.610. The van der Waals surface area contributed by atoms with Crippen LogP contribution in [0.25, 0.3) is 0 Å². The fraction of sp³-hybridized carbons (Fsp3) is 0.889. The van der Waals surface area contributed by atoms with Crippen molar-refractivity contribution in [2.24, 2.45) is 4.99 Å². The Morgan fingerprint density at radius 2 is 2.08 bits per heavy atom. The third kappa shape index (κ3) is 7.96. The maximum atomic E-state index is 11.8. The third-order valence-electron chi connectivity index (χ3n) is 4.81. The number of ether oxygens (including phenoxy) is 1. The van der Waals surface area contributed by atoms with E-state index in [1.807, 2.05) is 6.92 Å². The molecule has 2 N–H and O–H groups in total. The van der Waals surface area contributed by atoms with Gasteiger partial charge in [0.05, 0.1) is 0 Å². The molecule has 0 bridgehead atoms. The number of nitrogens with one attached hydrogen (secondary N) is 2. The van der Waals surface area contributed by atoms with Gasteiger partial charge in [-0.05, 0) is 39.5 Å². The first kappa shape index (κ1) is 23.4. The molecule has 1 heterocycles. The number of guanidine groups is 1. The summed E-state index contributed by atoms with van der Waals surface area (Å²) in [5.41, 5.74) is 0. The molecule has 2 rings (SSSR count). The lowest BCUT2D eigenvalue weighted by Gasteiger charge is -2.20. The predicted octanol–water partition coefficient (Wildman–Crippen LogP) is 1.28. The molecule has 1 amide bonds. The van der Waals surface area contributed by atoms with Crippen LogP contribution in [0.2, 0.25) is 0 Å². The van der Waals surface area contributed by atoms with Crippen LogP contribution < -0.4 is 10.6 Å². The lowest BCUT2D eigenvalue weighted by atomic mass is 10.2. The maximum Gasteiger partial charge on any atom is 0.243 e. The highest BCUT2D eigenvalue weighted by Crippen LogP contribution is 2.33. The summed E-state index contributed by atoms with van der Waals surface area (Å²) < 4.78 is 5.37. The van der Waals surface area contributed by atoms with Crippen LogP contribution in [0.15, 0.2) is 4.99 Å². The van der Waals surface area contributed by atoms with Gasteiger partial charge in [0.1, 0.15) is 6.54 Å². The van der Waals surface area contributed by atoms with Gasteiger partial charge in [-0.3, -0.25) is 9.69 Å². The molecule has 152 valence electrons. The van der Waals surface area contributed by atoms with Crippen molar-refractivity contribution in [2.75, 3.05) is 46.9 Å². The van der Waals surface area contributed by atoms with Crippen molar-refractivity contribution >= 4 is 35.8 Å². The second-order valence-corrected chi connectivity index (χ2v) is 7.28. The molecular weight excluding hydrogens is 445 g/mol. The zero-order chi connectivity index (χ0) is 18.2. The van der Waals surface area contributed by atoms with E-state index in [0.29, 0.717) is 12.1 Å². The van der Waals surface area contributed by atoms with Crippen molar-refractivity contribution < 1.29 is 9.53 Å². The van der Waals surface area contributed by atoms with Crippen LogP contribution in [0.5, 0.6) is 0 Å². The highest BCUT2D eigenvalue weighted by atomic mass is 127. The molecule has 1 aliphatic heterocycles. The Balaban J connectivity index is 0.00000338. The number of hydrogen-bond donors (Lipinski definition) is 2. The van der Waals surface area contributed by atoms with E-state index in [0.717, 1.165) is 51.1 Å².